The molecule has 1 heterocycles. The van der Waals surface area contributed by atoms with Crippen LogP contribution in [-0.2, 0) is 15.3 Å². The largest absolute Gasteiger partial charge is 0.377 e. The summed E-state index contributed by atoms with van der Waals surface area (Å²) in [4.78, 5) is 0.260. The Morgan fingerprint density at radius 2 is 1.82 bits per heavy atom. The zero-order chi connectivity index (χ0) is 16.5. The van der Waals surface area contributed by atoms with E-state index in [1.54, 1.807) is 28.9 Å². The van der Waals surface area contributed by atoms with E-state index in [4.69, 9.17) is 5.11 Å². The summed E-state index contributed by atoms with van der Waals surface area (Å²) in [5, 5.41) is 16.5. The molecule has 6 nitrogen and oxygen atoms in total. The molecule has 2 aromatic rings. The SMILES string of the molecule is CC(C)(C)c1cc(NCO)n(-c2ccc(S(C)(=O)=O)cc2)n1. The van der Waals surface area contributed by atoms with Crippen LogP contribution in [0.1, 0.15) is 26.5 Å². The van der Waals surface area contributed by atoms with E-state index in [0.717, 1.165) is 11.4 Å². The lowest BCUT2D eigenvalue weighted by Crippen LogP contribution is -2.12. The smallest absolute Gasteiger partial charge is 0.175 e. The van der Waals surface area contributed by atoms with Gasteiger partial charge in [0.25, 0.3) is 0 Å². The first kappa shape index (κ1) is 16.5. The molecule has 0 saturated heterocycles. The number of aliphatic hydroxyl groups is 1. The van der Waals surface area contributed by atoms with E-state index in [1.165, 1.54) is 6.26 Å². The average molecular weight is 323 g/mol. The van der Waals surface area contributed by atoms with Crippen LogP contribution >= 0.6 is 0 Å². The highest BCUT2D eigenvalue weighted by molar-refractivity contribution is 7.90. The molecule has 2 rings (SSSR count). The number of nitrogens with one attached hydrogen (secondary N) is 1. The van der Waals surface area contributed by atoms with Crippen LogP contribution in [0.3, 0.4) is 0 Å². The number of aliphatic hydroxyl groups excluding tert-OH is 1. The van der Waals surface area contributed by atoms with Gasteiger partial charge in [-0.05, 0) is 24.3 Å². The summed E-state index contributed by atoms with van der Waals surface area (Å²) < 4.78 is 24.7. The fraction of sp³-hybridized carbons (Fsp3) is 0.400. The maximum atomic E-state index is 11.5. The highest BCUT2D eigenvalue weighted by atomic mass is 32.2. The molecule has 0 bridgehead atoms. The second-order valence-electron chi connectivity index (χ2n) is 6.18. The fourth-order valence-electron chi connectivity index (χ4n) is 1.99. The Balaban J connectivity index is 2.49. The van der Waals surface area contributed by atoms with E-state index in [1.807, 2.05) is 6.07 Å². The molecule has 0 fully saturated rings. The lowest BCUT2D eigenvalue weighted by molar-refractivity contribution is 0.324. The summed E-state index contributed by atoms with van der Waals surface area (Å²) in [5.41, 5.74) is 1.46. The molecule has 2 N–H and O–H groups in total. The first-order chi connectivity index (χ1) is 10.1. The summed E-state index contributed by atoms with van der Waals surface area (Å²) >= 11 is 0. The molecule has 22 heavy (non-hydrogen) atoms. The van der Waals surface area contributed by atoms with Crippen molar-refractivity contribution in [1.29, 1.82) is 0 Å². The average Bonchev–Trinajstić information content (AvgIpc) is 2.82. The Morgan fingerprint density at radius 3 is 2.27 bits per heavy atom. The van der Waals surface area contributed by atoms with Gasteiger partial charge in [0.2, 0.25) is 0 Å². The zero-order valence-corrected chi connectivity index (χ0v) is 14.0. The number of anilines is 1. The number of hydrogen-bond donors (Lipinski definition) is 2. The van der Waals surface area contributed by atoms with Gasteiger partial charge in [-0.1, -0.05) is 20.8 Å². The molecular weight excluding hydrogens is 302 g/mol. The molecule has 0 aliphatic rings. The molecule has 0 spiro atoms. The third-order valence-corrected chi connectivity index (χ3v) is 4.38. The molecule has 0 radical (unpaired) electrons. The van der Waals surface area contributed by atoms with E-state index in [9.17, 15) is 8.42 Å². The second-order valence-corrected chi connectivity index (χ2v) is 8.19. The Hall–Kier alpha value is -1.86. The van der Waals surface area contributed by atoms with Crippen molar-refractivity contribution < 1.29 is 13.5 Å². The van der Waals surface area contributed by atoms with E-state index >= 15 is 0 Å². The second kappa shape index (κ2) is 5.73. The van der Waals surface area contributed by atoms with Crippen molar-refractivity contribution in [2.24, 2.45) is 0 Å². The highest BCUT2D eigenvalue weighted by Gasteiger charge is 2.20. The van der Waals surface area contributed by atoms with Gasteiger partial charge in [-0.3, -0.25) is 0 Å². The molecule has 0 aliphatic carbocycles. The van der Waals surface area contributed by atoms with Crippen molar-refractivity contribution in [2.45, 2.75) is 31.1 Å². The van der Waals surface area contributed by atoms with Crippen molar-refractivity contribution in [3.8, 4) is 5.69 Å². The van der Waals surface area contributed by atoms with Crippen LogP contribution < -0.4 is 5.32 Å². The van der Waals surface area contributed by atoms with Gasteiger partial charge in [-0.15, -0.1) is 0 Å². The first-order valence-corrected chi connectivity index (χ1v) is 8.78. The van der Waals surface area contributed by atoms with Crippen LogP contribution in [0, 0.1) is 0 Å². The number of hydrogen-bond acceptors (Lipinski definition) is 5. The third kappa shape index (κ3) is 3.48. The fourth-order valence-corrected chi connectivity index (χ4v) is 2.62. The highest BCUT2D eigenvalue weighted by Crippen LogP contribution is 2.26. The van der Waals surface area contributed by atoms with Crippen molar-refractivity contribution >= 4 is 15.7 Å². The molecule has 1 aromatic heterocycles. The van der Waals surface area contributed by atoms with Gasteiger partial charge >= 0.3 is 0 Å². The van der Waals surface area contributed by atoms with Crippen LogP contribution in [0.4, 0.5) is 5.82 Å². The number of aromatic nitrogens is 2. The van der Waals surface area contributed by atoms with Crippen LogP contribution in [0.2, 0.25) is 0 Å². The molecule has 0 saturated carbocycles. The standard InChI is InChI=1S/C15H21N3O3S/c1-15(2,3)13-9-14(16-10-19)18(17-13)11-5-7-12(8-6-11)22(4,20)21/h5-9,16,19H,10H2,1-4H3. The summed E-state index contributed by atoms with van der Waals surface area (Å²) in [6.45, 7) is 5.94. The summed E-state index contributed by atoms with van der Waals surface area (Å²) in [6, 6.07) is 8.36. The topological polar surface area (TPSA) is 84.2 Å². The van der Waals surface area contributed by atoms with Crippen LogP contribution in [0.25, 0.3) is 5.69 Å². The van der Waals surface area contributed by atoms with Crippen molar-refractivity contribution in [3.05, 3.63) is 36.0 Å². The Kier molecular flexibility index (Phi) is 4.30. The monoisotopic (exact) mass is 323 g/mol. The molecule has 0 amide bonds. The molecule has 0 unspecified atom stereocenters. The Bertz CT molecular complexity index is 756. The first-order valence-electron chi connectivity index (χ1n) is 6.89. The van der Waals surface area contributed by atoms with E-state index in [2.05, 4.69) is 31.2 Å². The minimum absolute atomic E-state index is 0.135. The summed E-state index contributed by atoms with van der Waals surface area (Å²) in [7, 11) is -3.23. The van der Waals surface area contributed by atoms with E-state index in [-0.39, 0.29) is 17.0 Å². The molecule has 7 heteroatoms. The normalized spacial score (nSPS) is 12.4. The maximum absolute atomic E-state index is 11.5. The zero-order valence-electron chi connectivity index (χ0n) is 13.2. The predicted molar refractivity (Wildman–Crippen MR) is 86.1 cm³/mol. The molecule has 0 atom stereocenters. The Morgan fingerprint density at radius 1 is 1.23 bits per heavy atom. The molecular formula is C15H21N3O3S. The quantitative estimate of drug-likeness (QED) is 0.840. The van der Waals surface area contributed by atoms with Gasteiger partial charge in [0, 0.05) is 17.7 Å². The van der Waals surface area contributed by atoms with Crippen LogP contribution in [-0.4, -0.2) is 36.3 Å². The molecule has 0 aliphatic heterocycles. The number of benzene rings is 1. The minimum atomic E-state index is -3.23. The van der Waals surface area contributed by atoms with Gasteiger partial charge in [0.1, 0.15) is 12.5 Å². The number of nitrogens with zero attached hydrogens (tertiary/aromatic N) is 2. The van der Waals surface area contributed by atoms with Crippen LogP contribution in [0.15, 0.2) is 35.2 Å². The van der Waals surface area contributed by atoms with E-state index in [0.29, 0.717) is 5.82 Å². The number of sulfone groups is 1. The molecule has 120 valence electrons. The third-order valence-electron chi connectivity index (χ3n) is 3.25. The van der Waals surface area contributed by atoms with E-state index < -0.39 is 9.84 Å². The van der Waals surface area contributed by atoms with Crippen molar-refractivity contribution in [2.75, 3.05) is 18.3 Å². The summed E-state index contributed by atoms with van der Waals surface area (Å²) in [5.74, 6) is 0.652. The van der Waals surface area contributed by atoms with Crippen LogP contribution in [0.5, 0.6) is 0 Å². The van der Waals surface area contributed by atoms with Crippen molar-refractivity contribution in [3.63, 3.8) is 0 Å². The minimum Gasteiger partial charge on any atom is -0.377 e. The van der Waals surface area contributed by atoms with Gasteiger partial charge in [0.05, 0.1) is 16.3 Å². The van der Waals surface area contributed by atoms with Gasteiger partial charge in [-0.25, -0.2) is 13.1 Å². The lowest BCUT2D eigenvalue weighted by Gasteiger charge is -2.14. The van der Waals surface area contributed by atoms with Gasteiger partial charge < -0.3 is 10.4 Å². The lowest BCUT2D eigenvalue weighted by atomic mass is 9.92. The maximum Gasteiger partial charge on any atom is 0.175 e. The predicted octanol–water partition coefficient (Wildman–Crippen LogP) is 1.94. The van der Waals surface area contributed by atoms with Gasteiger partial charge in [0.15, 0.2) is 9.84 Å². The summed E-state index contributed by atoms with van der Waals surface area (Å²) in [6.07, 6.45) is 1.17. The number of rotatable bonds is 4. The Labute approximate surface area is 130 Å². The molecule has 1 aromatic carbocycles. The van der Waals surface area contributed by atoms with Crippen molar-refractivity contribution in [1.82, 2.24) is 9.78 Å². The van der Waals surface area contributed by atoms with Gasteiger partial charge in [-0.2, -0.15) is 5.10 Å².